The molecule has 1 atom stereocenters. The molecule has 0 radical (unpaired) electrons. The summed E-state index contributed by atoms with van der Waals surface area (Å²) in [5.41, 5.74) is 5.50. The van der Waals surface area contributed by atoms with Crippen LogP contribution in [0, 0.1) is 5.92 Å². The lowest BCUT2D eigenvalue weighted by Gasteiger charge is -2.21. The molecule has 0 saturated heterocycles. The molecule has 0 aliphatic heterocycles. The van der Waals surface area contributed by atoms with Gasteiger partial charge in [-0.1, -0.05) is 13.8 Å². The van der Waals surface area contributed by atoms with E-state index in [-0.39, 0.29) is 12.6 Å². The van der Waals surface area contributed by atoms with Gasteiger partial charge in [0.1, 0.15) is 0 Å². The van der Waals surface area contributed by atoms with Crippen LogP contribution in [0.3, 0.4) is 0 Å². The maximum absolute atomic E-state index is 8.75. The van der Waals surface area contributed by atoms with E-state index in [1.54, 1.807) is 7.05 Å². The molecule has 0 bridgehead atoms. The third kappa shape index (κ3) is 4.18. The van der Waals surface area contributed by atoms with Crippen LogP contribution in [0.4, 0.5) is 0 Å². The van der Waals surface area contributed by atoms with Crippen molar-refractivity contribution in [1.82, 2.24) is 5.32 Å². The molecule has 0 spiro atoms. The van der Waals surface area contributed by atoms with Gasteiger partial charge in [-0.25, -0.2) is 0 Å². The fraction of sp³-hybridized carbons (Fsp3) is 0.875. The second-order valence-electron chi connectivity index (χ2n) is 3.12. The molecule has 0 aliphatic carbocycles. The minimum Gasteiger partial charge on any atom is -0.396 e. The predicted octanol–water partition coefficient (Wildman–Crippen LogP) is -0.0725. The van der Waals surface area contributed by atoms with Gasteiger partial charge in [0.25, 0.3) is 0 Å². The largest absolute Gasteiger partial charge is 0.396 e. The Kier molecular flexibility index (Phi) is 5.45. The van der Waals surface area contributed by atoms with E-state index in [0.717, 1.165) is 0 Å². The first kappa shape index (κ1) is 11.2. The van der Waals surface area contributed by atoms with Crippen LogP contribution in [-0.2, 0) is 0 Å². The molecule has 4 N–H and O–H groups in total. The Hall–Kier alpha value is -0.770. The molecule has 12 heavy (non-hydrogen) atoms. The molecule has 0 fully saturated rings. The summed E-state index contributed by atoms with van der Waals surface area (Å²) in [5.74, 6) is 0.875. The van der Waals surface area contributed by atoms with Crippen LogP contribution < -0.4 is 11.1 Å². The molecule has 0 aliphatic rings. The van der Waals surface area contributed by atoms with Gasteiger partial charge in [0.2, 0.25) is 0 Å². The van der Waals surface area contributed by atoms with Gasteiger partial charge in [0, 0.05) is 19.7 Å². The van der Waals surface area contributed by atoms with Gasteiger partial charge in [0.05, 0.1) is 0 Å². The standard InChI is InChI=1S/C8H19N3O/c1-6(2)7(4-5-12)11-8(9)10-3/h6-7,12H,4-5H2,1-3H3,(H3,9,10,11). The van der Waals surface area contributed by atoms with Crippen molar-refractivity contribution in [2.24, 2.45) is 16.6 Å². The second kappa shape index (κ2) is 5.83. The summed E-state index contributed by atoms with van der Waals surface area (Å²) in [4.78, 5) is 3.79. The average molecular weight is 173 g/mol. The highest BCUT2D eigenvalue weighted by atomic mass is 16.3. The second-order valence-corrected chi connectivity index (χ2v) is 3.12. The van der Waals surface area contributed by atoms with Gasteiger partial charge < -0.3 is 16.2 Å². The van der Waals surface area contributed by atoms with E-state index in [2.05, 4.69) is 24.2 Å². The highest BCUT2D eigenvalue weighted by Crippen LogP contribution is 2.04. The van der Waals surface area contributed by atoms with E-state index < -0.39 is 0 Å². The average Bonchev–Trinajstić information content (AvgIpc) is 2.03. The smallest absolute Gasteiger partial charge is 0.188 e. The SMILES string of the molecule is CN=C(N)NC(CCO)C(C)C. The highest BCUT2D eigenvalue weighted by molar-refractivity contribution is 5.77. The topological polar surface area (TPSA) is 70.6 Å². The molecule has 0 rings (SSSR count). The first-order valence-electron chi connectivity index (χ1n) is 4.21. The Balaban J connectivity index is 3.95. The lowest BCUT2D eigenvalue weighted by Crippen LogP contribution is -2.43. The third-order valence-corrected chi connectivity index (χ3v) is 1.82. The number of aliphatic hydroxyl groups excluding tert-OH is 1. The molecule has 0 aromatic heterocycles. The molecule has 4 heteroatoms. The van der Waals surface area contributed by atoms with Crippen molar-refractivity contribution in [3.05, 3.63) is 0 Å². The molecular weight excluding hydrogens is 154 g/mol. The maximum Gasteiger partial charge on any atom is 0.188 e. The molecule has 0 heterocycles. The van der Waals surface area contributed by atoms with Crippen molar-refractivity contribution in [2.75, 3.05) is 13.7 Å². The quantitative estimate of drug-likeness (QED) is 0.411. The first-order chi connectivity index (χ1) is 5.61. The normalized spacial score (nSPS) is 14.9. The molecule has 1 unspecified atom stereocenters. The van der Waals surface area contributed by atoms with Crippen molar-refractivity contribution in [2.45, 2.75) is 26.3 Å². The molecule has 0 aromatic carbocycles. The van der Waals surface area contributed by atoms with Gasteiger partial charge in [0.15, 0.2) is 5.96 Å². The molecule has 0 aromatic rings. The predicted molar refractivity (Wildman–Crippen MR) is 51.0 cm³/mol. The molecular formula is C8H19N3O. The summed E-state index contributed by atoms with van der Waals surface area (Å²) in [5, 5.41) is 11.8. The minimum absolute atomic E-state index is 0.173. The molecule has 0 saturated carbocycles. The fourth-order valence-corrected chi connectivity index (χ4v) is 0.966. The van der Waals surface area contributed by atoms with E-state index in [4.69, 9.17) is 10.8 Å². The number of rotatable bonds is 4. The van der Waals surface area contributed by atoms with Crippen LogP contribution in [0.15, 0.2) is 4.99 Å². The Bertz CT molecular complexity index is 145. The van der Waals surface area contributed by atoms with E-state index in [1.165, 1.54) is 0 Å². The van der Waals surface area contributed by atoms with Gasteiger partial charge >= 0.3 is 0 Å². The Morgan fingerprint density at radius 3 is 2.50 bits per heavy atom. The van der Waals surface area contributed by atoms with Crippen LogP contribution in [0.5, 0.6) is 0 Å². The zero-order valence-corrected chi connectivity index (χ0v) is 8.04. The van der Waals surface area contributed by atoms with Gasteiger partial charge in [-0.15, -0.1) is 0 Å². The fourth-order valence-electron chi connectivity index (χ4n) is 0.966. The Morgan fingerprint density at radius 1 is 1.58 bits per heavy atom. The number of aliphatic imine (C=N–C) groups is 1. The zero-order valence-electron chi connectivity index (χ0n) is 8.04. The van der Waals surface area contributed by atoms with E-state index in [9.17, 15) is 0 Å². The number of aliphatic hydroxyl groups is 1. The third-order valence-electron chi connectivity index (χ3n) is 1.82. The summed E-state index contributed by atoms with van der Waals surface area (Å²) in [6, 6.07) is 0.207. The van der Waals surface area contributed by atoms with Crippen LogP contribution >= 0.6 is 0 Å². The van der Waals surface area contributed by atoms with Crippen LogP contribution in [0.25, 0.3) is 0 Å². The van der Waals surface area contributed by atoms with Gasteiger partial charge in [-0.2, -0.15) is 0 Å². The summed E-state index contributed by atoms with van der Waals surface area (Å²) in [7, 11) is 1.64. The Morgan fingerprint density at radius 2 is 2.17 bits per heavy atom. The molecule has 72 valence electrons. The number of hydrogen-bond acceptors (Lipinski definition) is 2. The number of hydrogen-bond donors (Lipinski definition) is 3. The first-order valence-corrected chi connectivity index (χ1v) is 4.21. The number of nitrogens with zero attached hydrogens (tertiary/aromatic N) is 1. The Labute approximate surface area is 73.9 Å². The maximum atomic E-state index is 8.75. The van der Waals surface area contributed by atoms with Crippen molar-refractivity contribution in [1.29, 1.82) is 0 Å². The minimum atomic E-state index is 0.173. The van der Waals surface area contributed by atoms with Crippen LogP contribution in [0.1, 0.15) is 20.3 Å². The van der Waals surface area contributed by atoms with Crippen molar-refractivity contribution >= 4 is 5.96 Å². The summed E-state index contributed by atoms with van der Waals surface area (Å²) < 4.78 is 0. The lowest BCUT2D eigenvalue weighted by atomic mass is 10.0. The number of nitrogens with one attached hydrogen (secondary N) is 1. The number of guanidine groups is 1. The zero-order chi connectivity index (χ0) is 9.56. The van der Waals surface area contributed by atoms with Crippen LogP contribution in [0.2, 0.25) is 0 Å². The lowest BCUT2D eigenvalue weighted by molar-refractivity contribution is 0.254. The summed E-state index contributed by atoms with van der Waals surface area (Å²) in [6.07, 6.45) is 0.702. The monoisotopic (exact) mass is 173 g/mol. The van der Waals surface area contributed by atoms with E-state index in [0.29, 0.717) is 18.3 Å². The van der Waals surface area contributed by atoms with Gasteiger partial charge in [-0.3, -0.25) is 4.99 Å². The van der Waals surface area contributed by atoms with Crippen molar-refractivity contribution < 1.29 is 5.11 Å². The summed E-state index contributed by atoms with van der Waals surface area (Å²) >= 11 is 0. The van der Waals surface area contributed by atoms with Crippen molar-refractivity contribution in [3.63, 3.8) is 0 Å². The van der Waals surface area contributed by atoms with Crippen molar-refractivity contribution in [3.8, 4) is 0 Å². The van der Waals surface area contributed by atoms with Gasteiger partial charge in [-0.05, 0) is 12.3 Å². The van der Waals surface area contributed by atoms with E-state index in [1.807, 2.05) is 0 Å². The summed E-state index contributed by atoms with van der Waals surface area (Å²) in [6.45, 7) is 4.33. The van der Waals surface area contributed by atoms with E-state index >= 15 is 0 Å². The number of nitrogens with two attached hydrogens (primary N) is 1. The molecule has 0 amide bonds. The molecule has 4 nitrogen and oxygen atoms in total. The highest BCUT2D eigenvalue weighted by Gasteiger charge is 2.12. The van der Waals surface area contributed by atoms with Crippen LogP contribution in [-0.4, -0.2) is 30.8 Å².